The lowest BCUT2D eigenvalue weighted by Gasteiger charge is -2.33. The van der Waals surface area contributed by atoms with Crippen LogP contribution in [0.5, 0.6) is 0 Å². The van der Waals surface area contributed by atoms with Crippen LogP contribution in [0.4, 0.5) is 0 Å². The fourth-order valence-electron chi connectivity index (χ4n) is 1.24. The number of carbonyl (C=O) groups is 1. The molecule has 1 atom stereocenters. The fourth-order valence-corrected chi connectivity index (χ4v) is 1.57. The summed E-state index contributed by atoms with van der Waals surface area (Å²) in [7, 11) is 0. The van der Waals surface area contributed by atoms with E-state index in [0.29, 0.717) is 0 Å². The van der Waals surface area contributed by atoms with Gasteiger partial charge in [-0.2, -0.15) is 0 Å². The molecular formula is C11H15Cl3N2O2. The van der Waals surface area contributed by atoms with E-state index < -0.39 is 15.9 Å². The van der Waals surface area contributed by atoms with E-state index in [2.05, 4.69) is 10.6 Å². The first-order valence-corrected chi connectivity index (χ1v) is 6.42. The minimum absolute atomic E-state index is 0.157. The van der Waals surface area contributed by atoms with Crippen LogP contribution in [0, 0.1) is 0 Å². The summed E-state index contributed by atoms with van der Waals surface area (Å²) in [6, 6.07) is 3.14. The van der Waals surface area contributed by atoms with Gasteiger partial charge in [-0.1, -0.05) is 34.8 Å². The maximum atomic E-state index is 11.8. The molecule has 1 unspecified atom stereocenters. The molecule has 1 amide bonds. The van der Waals surface area contributed by atoms with E-state index in [-0.39, 0.29) is 11.3 Å². The van der Waals surface area contributed by atoms with E-state index in [1.807, 2.05) is 20.8 Å². The minimum Gasteiger partial charge on any atom is -0.459 e. The van der Waals surface area contributed by atoms with Gasteiger partial charge in [0.25, 0.3) is 5.91 Å². The van der Waals surface area contributed by atoms with Gasteiger partial charge in [0, 0.05) is 5.54 Å². The predicted molar refractivity (Wildman–Crippen MR) is 73.1 cm³/mol. The molecular weight excluding hydrogens is 298 g/mol. The smallest absolute Gasteiger partial charge is 0.288 e. The fraction of sp³-hybridized carbons (Fsp3) is 0.545. The second-order valence-corrected chi connectivity index (χ2v) is 7.19. The van der Waals surface area contributed by atoms with Crippen LogP contribution in [0.25, 0.3) is 0 Å². The molecule has 0 bridgehead atoms. The number of nitrogens with one attached hydrogen (secondary N) is 2. The van der Waals surface area contributed by atoms with Crippen molar-refractivity contribution in [3.05, 3.63) is 24.2 Å². The van der Waals surface area contributed by atoms with E-state index in [4.69, 9.17) is 39.2 Å². The molecule has 0 saturated heterocycles. The molecule has 1 aromatic rings. The van der Waals surface area contributed by atoms with Crippen LogP contribution in [0.2, 0.25) is 0 Å². The summed E-state index contributed by atoms with van der Waals surface area (Å²) in [4.78, 5) is 11.8. The molecule has 1 rings (SSSR count). The predicted octanol–water partition coefficient (Wildman–Crippen LogP) is 3.09. The molecule has 18 heavy (non-hydrogen) atoms. The average Bonchev–Trinajstić information content (AvgIpc) is 2.65. The zero-order valence-electron chi connectivity index (χ0n) is 10.3. The van der Waals surface area contributed by atoms with Crippen LogP contribution in [0.3, 0.4) is 0 Å². The minimum atomic E-state index is -1.67. The molecule has 0 aliphatic rings. The van der Waals surface area contributed by atoms with E-state index in [1.165, 1.54) is 12.3 Å². The highest BCUT2D eigenvalue weighted by Gasteiger charge is 2.36. The van der Waals surface area contributed by atoms with Gasteiger partial charge in [-0.15, -0.1) is 0 Å². The van der Waals surface area contributed by atoms with Gasteiger partial charge in [-0.05, 0) is 32.9 Å². The Labute approximate surface area is 121 Å². The second kappa shape index (κ2) is 5.70. The quantitative estimate of drug-likeness (QED) is 0.666. The van der Waals surface area contributed by atoms with Crippen LogP contribution >= 0.6 is 34.8 Å². The van der Waals surface area contributed by atoms with Gasteiger partial charge in [0.1, 0.15) is 6.17 Å². The molecule has 0 fully saturated rings. The second-order valence-electron chi connectivity index (χ2n) is 4.82. The van der Waals surface area contributed by atoms with Crippen molar-refractivity contribution in [3.8, 4) is 0 Å². The van der Waals surface area contributed by atoms with Gasteiger partial charge in [0.15, 0.2) is 5.76 Å². The third-order valence-electron chi connectivity index (χ3n) is 1.93. The van der Waals surface area contributed by atoms with Crippen LogP contribution in [-0.4, -0.2) is 21.4 Å². The van der Waals surface area contributed by atoms with Crippen molar-refractivity contribution in [2.45, 2.75) is 36.3 Å². The summed E-state index contributed by atoms with van der Waals surface area (Å²) < 4.78 is 3.30. The number of carbonyl (C=O) groups excluding carboxylic acids is 1. The third-order valence-corrected chi connectivity index (χ3v) is 2.58. The van der Waals surface area contributed by atoms with E-state index in [9.17, 15) is 4.79 Å². The Balaban J connectivity index is 2.77. The molecule has 0 aliphatic carbocycles. The SMILES string of the molecule is CC(C)(C)NC(NC(=O)c1ccco1)C(Cl)(Cl)Cl. The number of hydrogen-bond donors (Lipinski definition) is 2. The summed E-state index contributed by atoms with van der Waals surface area (Å²) in [6.45, 7) is 5.69. The van der Waals surface area contributed by atoms with Crippen LogP contribution in [-0.2, 0) is 0 Å². The average molecular weight is 314 g/mol. The Morgan fingerprint density at radius 2 is 1.94 bits per heavy atom. The highest BCUT2D eigenvalue weighted by atomic mass is 35.6. The number of amides is 1. The van der Waals surface area contributed by atoms with Gasteiger partial charge in [-0.25, -0.2) is 0 Å². The van der Waals surface area contributed by atoms with Gasteiger partial charge >= 0.3 is 0 Å². The lowest BCUT2D eigenvalue weighted by molar-refractivity contribution is 0.0894. The number of rotatable bonds is 3. The van der Waals surface area contributed by atoms with Gasteiger partial charge in [0.2, 0.25) is 3.79 Å². The molecule has 102 valence electrons. The Morgan fingerprint density at radius 1 is 1.33 bits per heavy atom. The molecule has 2 N–H and O–H groups in total. The normalized spacial score (nSPS) is 14.3. The molecule has 4 nitrogen and oxygen atoms in total. The Hall–Kier alpha value is -0.420. The molecule has 0 saturated carbocycles. The lowest BCUT2D eigenvalue weighted by Crippen LogP contribution is -2.58. The van der Waals surface area contributed by atoms with Crippen LogP contribution < -0.4 is 10.6 Å². The number of hydrogen-bond acceptors (Lipinski definition) is 3. The maximum Gasteiger partial charge on any atom is 0.288 e. The van der Waals surface area contributed by atoms with Crippen molar-refractivity contribution in [3.63, 3.8) is 0 Å². The maximum absolute atomic E-state index is 11.8. The third kappa shape index (κ3) is 5.06. The molecule has 0 aromatic carbocycles. The van der Waals surface area contributed by atoms with Gasteiger partial charge < -0.3 is 9.73 Å². The zero-order valence-corrected chi connectivity index (χ0v) is 12.5. The number of halogens is 3. The first-order valence-electron chi connectivity index (χ1n) is 5.28. The largest absolute Gasteiger partial charge is 0.459 e. The first-order chi connectivity index (χ1) is 8.09. The molecule has 0 radical (unpaired) electrons. The summed E-state index contributed by atoms with van der Waals surface area (Å²) in [5, 5.41) is 5.60. The highest BCUT2D eigenvalue weighted by molar-refractivity contribution is 6.68. The highest BCUT2D eigenvalue weighted by Crippen LogP contribution is 2.30. The van der Waals surface area contributed by atoms with Gasteiger partial charge in [0.05, 0.1) is 6.26 Å². The topological polar surface area (TPSA) is 54.3 Å². The molecule has 0 spiro atoms. The van der Waals surface area contributed by atoms with E-state index in [0.717, 1.165) is 0 Å². The summed E-state index contributed by atoms with van der Waals surface area (Å²) in [5.74, 6) is -0.293. The zero-order chi connectivity index (χ0) is 14.0. The number of furan rings is 1. The van der Waals surface area contributed by atoms with Crippen molar-refractivity contribution in [2.24, 2.45) is 0 Å². The Bertz CT molecular complexity index is 393. The molecule has 0 aliphatic heterocycles. The first kappa shape index (κ1) is 15.6. The monoisotopic (exact) mass is 312 g/mol. The van der Waals surface area contributed by atoms with Crippen molar-refractivity contribution in [2.75, 3.05) is 0 Å². The van der Waals surface area contributed by atoms with E-state index >= 15 is 0 Å². The summed E-state index contributed by atoms with van der Waals surface area (Å²) in [6.07, 6.45) is 0.566. The van der Waals surface area contributed by atoms with Crippen molar-refractivity contribution < 1.29 is 9.21 Å². The van der Waals surface area contributed by atoms with E-state index in [1.54, 1.807) is 6.07 Å². The van der Waals surface area contributed by atoms with Crippen LogP contribution in [0.1, 0.15) is 31.3 Å². The number of alkyl halides is 3. The van der Waals surface area contributed by atoms with Crippen molar-refractivity contribution in [1.82, 2.24) is 10.6 Å². The lowest BCUT2D eigenvalue weighted by atomic mass is 10.1. The Kier molecular flexibility index (Phi) is 4.95. The molecule has 7 heteroatoms. The summed E-state index contributed by atoms with van der Waals surface area (Å²) >= 11 is 17.5. The van der Waals surface area contributed by atoms with Crippen molar-refractivity contribution in [1.29, 1.82) is 0 Å². The molecule has 1 aromatic heterocycles. The van der Waals surface area contributed by atoms with Crippen LogP contribution in [0.15, 0.2) is 22.8 Å². The Morgan fingerprint density at radius 3 is 2.33 bits per heavy atom. The standard InChI is InChI=1S/C11H15Cl3N2O2/c1-10(2,3)16-9(11(12,13)14)15-8(17)7-5-4-6-18-7/h4-6,9,16H,1-3H3,(H,15,17). The van der Waals surface area contributed by atoms with Crippen molar-refractivity contribution >= 4 is 40.7 Å². The van der Waals surface area contributed by atoms with Gasteiger partial charge in [-0.3, -0.25) is 10.1 Å². The molecule has 1 heterocycles. The summed E-state index contributed by atoms with van der Waals surface area (Å²) in [5.41, 5.74) is -0.328.